The van der Waals surface area contributed by atoms with Crippen LogP contribution in [0.25, 0.3) is 0 Å². The summed E-state index contributed by atoms with van der Waals surface area (Å²) in [7, 11) is 0. The smallest absolute Gasteiger partial charge is 0.194 e. The largest absolute Gasteiger partial charge is 0.494 e. The summed E-state index contributed by atoms with van der Waals surface area (Å²) in [5.74, 6) is 0.0926. The predicted molar refractivity (Wildman–Crippen MR) is 33.6 cm³/mol. The van der Waals surface area contributed by atoms with Gasteiger partial charge in [0.1, 0.15) is 0 Å². The minimum absolute atomic E-state index is 0.0463. The Balaban J connectivity index is 3.29. The lowest BCUT2D eigenvalue weighted by molar-refractivity contribution is 0.423. The van der Waals surface area contributed by atoms with Crippen molar-refractivity contribution in [1.29, 1.82) is 0 Å². The van der Waals surface area contributed by atoms with Gasteiger partial charge in [-0.1, -0.05) is 0 Å². The Morgan fingerprint density at radius 2 is 1.33 bits per heavy atom. The Labute approximate surface area is 53.0 Å². The fourth-order valence-electron chi connectivity index (χ4n) is 0.655. The van der Waals surface area contributed by atoms with Gasteiger partial charge in [-0.15, -0.1) is 0 Å². The molecule has 9 heavy (non-hydrogen) atoms. The molecule has 0 atom stereocenters. The molecule has 0 saturated heterocycles. The van der Waals surface area contributed by atoms with Gasteiger partial charge in [-0.3, -0.25) is 4.98 Å². The van der Waals surface area contributed by atoms with E-state index >= 15 is 0 Å². The van der Waals surface area contributed by atoms with Gasteiger partial charge in [-0.2, -0.15) is 0 Å². The first kappa shape index (κ1) is 6.01. The van der Waals surface area contributed by atoms with Crippen molar-refractivity contribution in [3.05, 3.63) is 11.1 Å². The van der Waals surface area contributed by atoms with Gasteiger partial charge < -0.3 is 10.2 Å². The van der Waals surface area contributed by atoms with Crippen LogP contribution in [0.15, 0.2) is 0 Å². The highest BCUT2D eigenvalue weighted by molar-refractivity contribution is 5.40. The molecule has 0 aliphatic rings. The van der Waals surface area contributed by atoms with Crippen LogP contribution in [0.3, 0.4) is 0 Å². The SMILES string of the molecule is Cc1c(O)[nH]c(O)c1C. The van der Waals surface area contributed by atoms with Crippen molar-refractivity contribution in [2.45, 2.75) is 13.8 Å². The van der Waals surface area contributed by atoms with Gasteiger partial charge in [0, 0.05) is 11.1 Å². The van der Waals surface area contributed by atoms with Crippen molar-refractivity contribution in [2.24, 2.45) is 0 Å². The van der Waals surface area contributed by atoms with Gasteiger partial charge in [-0.25, -0.2) is 0 Å². The van der Waals surface area contributed by atoms with Gasteiger partial charge in [0.15, 0.2) is 11.8 Å². The number of hydrogen-bond donors (Lipinski definition) is 3. The van der Waals surface area contributed by atoms with E-state index in [1.165, 1.54) is 0 Å². The Kier molecular flexibility index (Phi) is 1.12. The number of aromatic hydroxyl groups is 2. The molecule has 3 N–H and O–H groups in total. The van der Waals surface area contributed by atoms with Crippen LogP contribution in [-0.2, 0) is 0 Å². The molecule has 50 valence electrons. The van der Waals surface area contributed by atoms with Crippen LogP contribution in [-0.4, -0.2) is 15.2 Å². The second-order valence-electron chi connectivity index (χ2n) is 2.07. The highest BCUT2D eigenvalue weighted by Gasteiger charge is 2.06. The molecular weight excluding hydrogens is 118 g/mol. The van der Waals surface area contributed by atoms with Crippen LogP contribution in [0.4, 0.5) is 0 Å². The molecule has 0 radical (unpaired) electrons. The number of H-pyrrole nitrogens is 1. The molecule has 1 aromatic heterocycles. The molecule has 0 unspecified atom stereocenters. The van der Waals surface area contributed by atoms with Crippen LogP contribution in [0.5, 0.6) is 11.8 Å². The third-order valence-corrected chi connectivity index (χ3v) is 1.51. The highest BCUT2D eigenvalue weighted by atomic mass is 16.3. The third-order valence-electron chi connectivity index (χ3n) is 1.51. The van der Waals surface area contributed by atoms with E-state index in [0.717, 1.165) is 0 Å². The van der Waals surface area contributed by atoms with E-state index in [2.05, 4.69) is 4.98 Å². The lowest BCUT2D eigenvalue weighted by Crippen LogP contribution is -1.68. The van der Waals surface area contributed by atoms with E-state index in [-0.39, 0.29) is 11.8 Å². The van der Waals surface area contributed by atoms with E-state index in [1.807, 2.05) is 0 Å². The molecule has 0 saturated carbocycles. The van der Waals surface area contributed by atoms with Crippen molar-refractivity contribution in [3.63, 3.8) is 0 Å². The zero-order valence-electron chi connectivity index (χ0n) is 5.39. The molecule has 0 bridgehead atoms. The second-order valence-corrected chi connectivity index (χ2v) is 2.07. The predicted octanol–water partition coefficient (Wildman–Crippen LogP) is 1.04. The van der Waals surface area contributed by atoms with E-state index in [9.17, 15) is 0 Å². The average molecular weight is 127 g/mol. The quantitative estimate of drug-likeness (QED) is 0.487. The van der Waals surface area contributed by atoms with Crippen LogP contribution in [0.2, 0.25) is 0 Å². The van der Waals surface area contributed by atoms with Crippen molar-refractivity contribution in [3.8, 4) is 11.8 Å². The number of nitrogens with one attached hydrogen (secondary N) is 1. The molecule has 3 heteroatoms. The standard InChI is InChI=1S/C6H9NO2/c1-3-4(2)6(9)7-5(3)8/h7-9H,1-2H3. The van der Waals surface area contributed by atoms with E-state index in [0.29, 0.717) is 11.1 Å². The number of aromatic amines is 1. The molecule has 0 aliphatic heterocycles. The third kappa shape index (κ3) is 0.740. The molecule has 0 spiro atoms. The van der Waals surface area contributed by atoms with Gasteiger partial charge in [0.05, 0.1) is 0 Å². The molecule has 1 heterocycles. The monoisotopic (exact) mass is 127 g/mol. The highest BCUT2D eigenvalue weighted by Crippen LogP contribution is 2.26. The Morgan fingerprint density at radius 1 is 1.00 bits per heavy atom. The lowest BCUT2D eigenvalue weighted by Gasteiger charge is -1.85. The normalized spacial score (nSPS) is 10.0. The summed E-state index contributed by atoms with van der Waals surface area (Å²) in [5.41, 5.74) is 1.40. The number of hydrogen-bond acceptors (Lipinski definition) is 2. The molecule has 0 amide bonds. The van der Waals surface area contributed by atoms with Crippen molar-refractivity contribution in [1.82, 2.24) is 4.98 Å². The van der Waals surface area contributed by atoms with Gasteiger partial charge in [-0.05, 0) is 13.8 Å². The number of rotatable bonds is 0. The van der Waals surface area contributed by atoms with Crippen LogP contribution in [0, 0.1) is 13.8 Å². The van der Waals surface area contributed by atoms with Crippen molar-refractivity contribution >= 4 is 0 Å². The first-order chi connectivity index (χ1) is 4.13. The molecule has 0 aromatic carbocycles. The molecule has 0 aliphatic carbocycles. The molecule has 1 aromatic rings. The maximum absolute atomic E-state index is 8.91. The Bertz CT molecular complexity index is 205. The molecular formula is C6H9NO2. The first-order valence-electron chi connectivity index (χ1n) is 2.70. The minimum Gasteiger partial charge on any atom is -0.494 e. The van der Waals surface area contributed by atoms with E-state index in [1.54, 1.807) is 13.8 Å². The molecule has 3 nitrogen and oxygen atoms in total. The lowest BCUT2D eigenvalue weighted by atomic mass is 10.2. The summed E-state index contributed by atoms with van der Waals surface area (Å²) >= 11 is 0. The first-order valence-corrected chi connectivity index (χ1v) is 2.70. The summed E-state index contributed by atoms with van der Waals surface area (Å²) < 4.78 is 0. The van der Waals surface area contributed by atoms with Crippen LogP contribution >= 0.6 is 0 Å². The van der Waals surface area contributed by atoms with Crippen LogP contribution < -0.4 is 0 Å². The average Bonchev–Trinajstić information content (AvgIpc) is 1.98. The number of aromatic nitrogens is 1. The zero-order valence-corrected chi connectivity index (χ0v) is 5.39. The van der Waals surface area contributed by atoms with Gasteiger partial charge >= 0.3 is 0 Å². The summed E-state index contributed by atoms with van der Waals surface area (Å²) in [6, 6.07) is 0. The summed E-state index contributed by atoms with van der Waals surface area (Å²) in [5, 5.41) is 17.8. The van der Waals surface area contributed by atoms with Gasteiger partial charge in [0.25, 0.3) is 0 Å². The van der Waals surface area contributed by atoms with Gasteiger partial charge in [0.2, 0.25) is 0 Å². The van der Waals surface area contributed by atoms with E-state index in [4.69, 9.17) is 10.2 Å². The Hall–Kier alpha value is -1.12. The van der Waals surface area contributed by atoms with E-state index < -0.39 is 0 Å². The fourth-order valence-corrected chi connectivity index (χ4v) is 0.655. The van der Waals surface area contributed by atoms with Crippen LogP contribution in [0.1, 0.15) is 11.1 Å². The Morgan fingerprint density at radius 3 is 1.44 bits per heavy atom. The fraction of sp³-hybridized carbons (Fsp3) is 0.333. The van der Waals surface area contributed by atoms with Crippen molar-refractivity contribution < 1.29 is 10.2 Å². The maximum atomic E-state index is 8.91. The summed E-state index contributed by atoms with van der Waals surface area (Å²) in [6.45, 7) is 3.47. The maximum Gasteiger partial charge on any atom is 0.194 e. The second kappa shape index (κ2) is 1.69. The molecule has 0 fully saturated rings. The molecule has 1 rings (SSSR count). The minimum atomic E-state index is 0.0463. The summed E-state index contributed by atoms with van der Waals surface area (Å²) in [4.78, 5) is 2.39. The van der Waals surface area contributed by atoms with Crippen molar-refractivity contribution in [2.75, 3.05) is 0 Å². The summed E-state index contributed by atoms with van der Waals surface area (Å²) in [6.07, 6.45) is 0. The topological polar surface area (TPSA) is 56.2 Å². The zero-order chi connectivity index (χ0) is 7.02.